The third-order valence-electron chi connectivity index (χ3n) is 3.40. The topological polar surface area (TPSA) is 24.9 Å². The Balaban J connectivity index is 1.90. The van der Waals surface area contributed by atoms with Crippen molar-refractivity contribution in [2.45, 2.75) is 12.5 Å². The lowest BCUT2D eigenvalue weighted by Crippen LogP contribution is -2.19. The highest BCUT2D eigenvalue weighted by molar-refractivity contribution is 9.10. The van der Waals surface area contributed by atoms with E-state index in [0.29, 0.717) is 0 Å². The van der Waals surface area contributed by atoms with Gasteiger partial charge in [-0.3, -0.25) is 0 Å². The number of thiazole rings is 1. The molecule has 0 aliphatic heterocycles. The molecular formula is C16H14BrClN2S. The molecule has 0 fully saturated rings. The smallest absolute Gasteiger partial charge is 0.0957 e. The Kier molecular flexibility index (Phi) is 4.60. The zero-order valence-electron chi connectivity index (χ0n) is 11.4. The number of hydrogen-bond acceptors (Lipinski definition) is 3. The minimum absolute atomic E-state index is 0.206. The minimum atomic E-state index is 0.206. The fraction of sp³-hybridized carbons (Fsp3) is 0.188. The Morgan fingerprint density at radius 1 is 1.29 bits per heavy atom. The first-order valence-electron chi connectivity index (χ1n) is 6.64. The summed E-state index contributed by atoms with van der Waals surface area (Å²) >= 11 is 11.4. The van der Waals surface area contributed by atoms with Crippen molar-refractivity contribution in [3.05, 3.63) is 62.5 Å². The second kappa shape index (κ2) is 6.44. The summed E-state index contributed by atoms with van der Waals surface area (Å²) in [5, 5.41) is 5.24. The van der Waals surface area contributed by atoms with E-state index in [1.165, 1.54) is 10.3 Å². The average Bonchev–Trinajstić information content (AvgIpc) is 2.87. The van der Waals surface area contributed by atoms with E-state index in [2.05, 4.69) is 45.5 Å². The van der Waals surface area contributed by atoms with E-state index < -0.39 is 0 Å². The molecule has 1 unspecified atom stereocenters. The van der Waals surface area contributed by atoms with Gasteiger partial charge in [0.1, 0.15) is 0 Å². The third kappa shape index (κ3) is 3.29. The van der Waals surface area contributed by atoms with Gasteiger partial charge in [0, 0.05) is 22.0 Å². The van der Waals surface area contributed by atoms with Crippen molar-refractivity contribution >= 4 is 49.1 Å². The molecule has 5 heteroatoms. The highest BCUT2D eigenvalue weighted by Crippen LogP contribution is 2.30. The summed E-state index contributed by atoms with van der Waals surface area (Å²) in [6, 6.07) is 14.4. The number of rotatable bonds is 4. The fourth-order valence-electron chi connectivity index (χ4n) is 2.33. The van der Waals surface area contributed by atoms with Crippen molar-refractivity contribution in [3.63, 3.8) is 0 Å². The van der Waals surface area contributed by atoms with E-state index in [9.17, 15) is 0 Å². The largest absolute Gasteiger partial charge is 0.313 e. The summed E-state index contributed by atoms with van der Waals surface area (Å²) in [5.74, 6) is 0. The number of nitrogens with one attached hydrogen (secondary N) is 1. The summed E-state index contributed by atoms with van der Waals surface area (Å²) in [5.41, 5.74) is 2.27. The van der Waals surface area contributed by atoms with Gasteiger partial charge in [-0.2, -0.15) is 0 Å². The van der Waals surface area contributed by atoms with Gasteiger partial charge in [0.25, 0.3) is 0 Å². The van der Waals surface area contributed by atoms with Crippen LogP contribution in [0.2, 0.25) is 5.02 Å². The Bertz CT molecular complexity index is 739. The second-order valence-electron chi connectivity index (χ2n) is 4.79. The van der Waals surface area contributed by atoms with Crippen molar-refractivity contribution in [3.8, 4) is 0 Å². The maximum absolute atomic E-state index is 6.02. The number of benzene rings is 2. The molecule has 1 aromatic heterocycles. The Morgan fingerprint density at radius 2 is 2.10 bits per heavy atom. The summed E-state index contributed by atoms with van der Waals surface area (Å²) in [6.45, 7) is 0. The maximum Gasteiger partial charge on any atom is 0.0957 e. The molecule has 0 aliphatic rings. The normalized spacial score (nSPS) is 12.7. The molecule has 0 saturated carbocycles. The first kappa shape index (κ1) is 15.0. The zero-order valence-corrected chi connectivity index (χ0v) is 14.6. The van der Waals surface area contributed by atoms with Gasteiger partial charge < -0.3 is 5.32 Å². The van der Waals surface area contributed by atoms with Crippen molar-refractivity contribution in [2.75, 3.05) is 7.05 Å². The predicted molar refractivity (Wildman–Crippen MR) is 94.3 cm³/mol. The molecule has 2 aromatic carbocycles. The molecule has 3 aromatic rings. The van der Waals surface area contributed by atoms with Crippen LogP contribution in [0.5, 0.6) is 0 Å². The van der Waals surface area contributed by atoms with E-state index in [-0.39, 0.29) is 6.04 Å². The number of halogens is 2. The highest BCUT2D eigenvalue weighted by Gasteiger charge is 2.16. The maximum atomic E-state index is 6.02. The van der Waals surface area contributed by atoms with Crippen LogP contribution in [-0.2, 0) is 6.42 Å². The van der Waals surface area contributed by atoms with Crippen LogP contribution in [0.1, 0.15) is 16.6 Å². The van der Waals surface area contributed by atoms with Crippen LogP contribution in [0.4, 0.5) is 0 Å². The highest BCUT2D eigenvalue weighted by atomic mass is 79.9. The SMILES string of the molecule is CNC(Cc1nc2ccccc2s1)c1ccc(Cl)cc1Br. The molecule has 0 aliphatic carbocycles. The molecule has 108 valence electrons. The van der Waals surface area contributed by atoms with Crippen LogP contribution in [0.3, 0.4) is 0 Å². The number of nitrogens with zero attached hydrogens (tertiary/aromatic N) is 1. The first-order valence-corrected chi connectivity index (χ1v) is 8.63. The van der Waals surface area contributed by atoms with Gasteiger partial charge in [0.05, 0.1) is 15.2 Å². The zero-order chi connectivity index (χ0) is 14.8. The van der Waals surface area contributed by atoms with Crippen molar-refractivity contribution in [1.82, 2.24) is 10.3 Å². The molecule has 1 atom stereocenters. The molecule has 0 saturated heterocycles. The molecule has 21 heavy (non-hydrogen) atoms. The third-order valence-corrected chi connectivity index (χ3v) is 5.38. The second-order valence-corrected chi connectivity index (χ2v) is 7.19. The Morgan fingerprint density at radius 3 is 2.81 bits per heavy atom. The lowest BCUT2D eigenvalue weighted by atomic mass is 10.0. The summed E-state index contributed by atoms with van der Waals surface area (Å²) in [4.78, 5) is 4.71. The van der Waals surface area contributed by atoms with Crippen molar-refractivity contribution < 1.29 is 0 Å². The van der Waals surface area contributed by atoms with Crippen LogP contribution in [0.15, 0.2) is 46.9 Å². The molecule has 0 radical (unpaired) electrons. The van der Waals surface area contributed by atoms with Gasteiger partial charge in [0.15, 0.2) is 0 Å². The van der Waals surface area contributed by atoms with E-state index >= 15 is 0 Å². The van der Waals surface area contributed by atoms with Gasteiger partial charge in [-0.1, -0.05) is 45.7 Å². The van der Waals surface area contributed by atoms with E-state index in [1.54, 1.807) is 11.3 Å². The van der Waals surface area contributed by atoms with Crippen molar-refractivity contribution in [2.24, 2.45) is 0 Å². The van der Waals surface area contributed by atoms with E-state index in [4.69, 9.17) is 16.6 Å². The fourth-order valence-corrected chi connectivity index (χ4v) is 4.31. The monoisotopic (exact) mass is 380 g/mol. The van der Waals surface area contributed by atoms with Gasteiger partial charge in [0.2, 0.25) is 0 Å². The number of aromatic nitrogens is 1. The number of likely N-dealkylation sites (N-methyl/N-ethyl adjacent to an activating group) is 1. The Hall–Kier alpha value is -0.940. The number of fused-ring (bicyclic) bond motifs is 1. The van der Waals surface area contributed by atoms with Crippen LogP contribution in [-0.4, -0.2) is 12.0 Å². The van der Waals surface area contributed by atoms with Crippen LogP contribution in [0.25, 0.3) is 10.2 Å². The van der Waals surface area contributed by atoms with Crippen LogP contribution in [0, 0.1) is 0 Å². The standard InChI is InChI=1S/C16H14BrClN2S/c1-19-14(11-7-6-10(18)8-12(11)17)9-16-20-13-4-2-3-5-15(13)21-16/h2-8,14,19H,9H2,1H3. The van der Waals surface area contributed by atoms with E-state index in [1.807, 2.05) is 25.2 Å². The molecular weight excluding hydrogens is 368 g/mol. The van der Waals surface area contributed by atoms with Gasteiger partial charge in [-0.05, 0) is 36.9 Å². The number of hydrogen-bond donors (Lipinski definition) is 1. The molecule has 3 rings (SSSR count). The summed E-state index contributed by atoms with van der Waals surface area (Å²) in [7, 11) is 1.97. The average molecular weight is 382 g/mol. The minimum Gasteiger partial charge on any atom is -0.313 e. The van der Waals surface area contributed by atoms with Crippen LogP contribution >= 0.6 is 38.9 Å². The lowest BCUT2D eigenvalue weighted by molar-refractivity contribution is 0.588. The van der Waals surface area contributed by atoms with Crippen LogP contribution < -0.4 is 5.32 Å². The molecule has 1 heterocycles. The molecule has 2 nitrogen and oxygen atoms in total. The van der Waals surface area contributed by atoms with E-state index in [0.717, 1.165) is 26.4 Å². The predicted octanol–water partition coefficient (Wildman–Crippen LogP) is 5.22. The van der Waals surface area contributed by atoms with Gasteiger partial charge >= 0.3 is 0 Å². The van der Waals surface area contributed by atoms with Gasteiger partial charge in [-0.25, -0.2) is 4.98 Å². The summed E-state index contributed by atoms with van der Waals surface area (Å²) < 4.78 is 2.26. The molecule has 0 spiro atoms. The quantitative estimate of drug-likeness (QED) is 0.670. The lowest BCUT2D eigenvalue weighted by Gasteiger charge is -2.17. The first-order chi connectivity index (χ1) is 10.2. The molecule has 0 bridgehead atoms. The number of para-hydroxylation sites is 1. The summed E-state index contributed by atoms with van der Waals surface area (Å²) in [6.07, 6.45) is 0.857. The Labute approximate surface area is 141 Å². The molecule has 0 amide bonds. The van der Waals surface area contributed by atoms with Gasteiger partial charge in [-0.15, -0.1) is 11.3 Å². The van der Waals surface area contributed by atoms with Crippen molar-refractivity contribution in [1.29, 1.82) is 0 Å². The molecule has 1 N–H and O–H groups in total.